The fourth-order valence-corrected chi connectivity index (χ4v) is 3.33. The van der Waals surface area contributed by atoms with Crippen LogP contribution >= 0.6 is 0 Å². The van der Waals surface area contributed by atoms with E-state index in [0.717, 1.165) is 17.0 Å². The Morgan fingerprint density at radius 2 is 1.93 bits per heavy atom. The molecule has 8 nitrogen and oxygen atoms in total. The number of aliphatic imine (C=N–C) groups is 1. The quantitative estimate of drug-likeness (QED) is 0.533. The van der Waals surface area contributed by atoms with Crippen molar-refractivity contribution in [2.24, 2.45) is 4.99 Å². The number of guanidine groups is 1. The number of amides is 1. The molecule has 0 radical (unpaired) electrons. The number of hydrogen-bond donors (Lipinski definition) is 2. The molecule has 1 amide bonds. The molecule has 1 aliphatic heterocycles. The maximum absolute atomic E-state index is 13.2. The van der Waals surface area contributed by atoms with E-state index >= 15 is 0 Å². The van der Waals surface area contributed by atoms with Gasteiger partial charge in [-0.05, 0) is 26.3 Å². The summed E-state index contributed by atoms with van der Waals surface area (Å²) in [6, 6.07) is 9.86. The van der Waals surface area contributed by atoms with E-state index in [4.69, 9.17) is 9.15 Å². The third-order valence-electron chi connectivity index (χ3n) is 5.09. The maximum Gasteiger partial charge on any atom is 0.232 e. The lowest BCUT2D eigenvalue weighted by Gasteiger charge is -2.31. The van der Waals surface area contributed by atoms with Crippen LogP contribution in [0.5, 0.6) is 0 Å². The number of rotatable bonds is 7. The van der Waals surface area contributed by atoms with Crippen molar-refractivity contribution in [2.75, 3.05) is 39.4 Å². The molecule has 0 saturated carbocycles. The number of hydrogen-bond acceptors (Lipinski definition) is 5. The summed E-state index contributed by atoms with van der Waals surface area (Å²) in [5.74, 6) is 1.80. The van der Waals surface area contributed by atoms with Crippen LogP contribution < -0.4 is 10.6 Å². The Hall–Kier alpha value is -2.87. The van der Waals surface area contributed by atoms with Crippen molar-refractivity contribution in [3.05, 3.63) is 53.2 Å². The molecule has 1 atom stereocenters. The minimum Gasteiger partial charge on any atom is -0.444 e. The molecule has 8 heteroatoms. The number of benzene rings is 1. The number of nitrogens with one attached hydrogen (secondary N) is 2. The van der Waals surface area contributed by atoms with Gasteiger partial charge >= 0.3 is 0 Å². The predicted molar refractivity (Wildman–Crippen MR) is 115 cm³/mol. The fraction of sp³-hybridized carbons (Fsp3) is 0.500. The van der Waals surface area contributed by atoms with Gasteiger partial charge in [-0.25, -0.2) is 9.98 Å². The maximum atomic E-state index is 13.2. The summed E-state index contributed by atoms with van der Waals surface area (Å²) < 4.78 is 11.0. The third kappa shape index (κ3) is 5.82. The lowest BCUT2D eigenvalue weighted by atomic mass is 9.97. The minimum absolute atomic E-state index is 0.104. The van der Waals surface area contributed by atoms with Gasteiger partial charge < -0.3 is 24.7 Å². The zero-order chi connectivity index (χ0) is 21.3. The van der Waals surface area contributed by atoms with Crippen LogP contribution in [-0.4, -0.2) is 61.1 Å². The van der Waals surface area contributed by atoms with Gasteiger partial charge in [0.15, 0.2) is 5.96 Å². The SMILES string of the molecule is CCNC(=NCc1nc(C)c(C)o1)NCC(C(=O)N1CCOCC1)c1ccccc1. The highest BCUT2D eigenvalue weighted by atomic mass is 16.5. The van der Waals surface area contributed by atoms with Crippen molar-refractivity contribution in [1.29, 1.82) is 0 Å². The summed E-state index contributed by atoms with van der Waals surface area (Å²) in [4.78, 5) is 24.1. The molecule has 1 unspecified atom stereocenters. The van der Waals surface area contributed by atoms with E-state index in [-0.39, 0.29) is 11.8 Å². The number of nitrogens with zero attached hydrogens (tertiary/aromatic N) is 3. The average molecular weight is 414 g/mol. The van der Waals surface area contributed by atoms with Gasteiger partial charge in [0.05, 0.1) is 24.8 Å². The van der Waals surface area contributed by atoms with E-state index in [0.29, 0.717) is 57.8 Å². The van der Waals surface area contributed by atoms with E-state index in [2.05, 4.69) is 20.6 Å². The first-order valence-electron chi connectivity index (χ1n) is 10.4. The Balaban J connectivity index is 1.71. The van der Waals surface area contributed by atoms with Crippen LogP contribution in [0, 0.1) is 13.8 Å². The Morgan fingerprint density at radius 3 is 2.57 bits per heavy atom. The Labute approximate surface area is 177 Å². The number of aryl methyl sites for hydroxylation is 2. The summed E-state index contributed by atoms with van der Waals surface area (Å²) in [5.41, 5.74) is 1.86. The van der Waals surface area contributed by atoms with Crippen molar-refractivity contribution < 1.29 is 13.9 Å². The molecule has 3 rings (SSSR count). The molecule has 1 fully saturated rings. The normalized spacial score (nSPS) is 15.7. The first-order valence-corrected chi connectivity index (χ1v) is 10.4. The summed E-state index contributed by atoms with van der Waals surface area (Å²) in [6.45, 7) is 9.70. The van der Waals surface area contributed by atoms with E-state index in [1.54, 1.807) is 0 Å². The lowest BCUT2D eigenvalue weighted by molar-refractivity contribution is -0.136. The summed E-state index contributed by atoms with van der Waals surface area (Å²) >= 11 is 0. The van der Waals surface area contributed by atoms with Gasteiger partial charge in [0.2, 0.25) is 11.8 Å². The molecule has 30 heavy (non-hydrogen) atoms. The van der Waals surface area contributed by atoms with Crippen LogP contribution in [0.3, 0.4) is 0 Å². The number of aromatic nitrogens is 1. The van der Waals surface area contributed by atoms with E-state index in [9.17, 15) is 4.79 Å². The molecule has 1 aromatic heterocycles. The second-order valence-corrected chi connectivity index (χ2v) is 7.23. The van der Waals surface area contributed by atoms with Crippen molar-refractivity contribution in [1.82, 2.24) is 20.5 Å². The van der Waals surface area contributed by atoms with Crippen LogP contribution in [-0.2, 0) is 16.1 Å². The first kappa shape index (κ1) is 21.8. The number of oxazole rings is 1. The van der Waals surface area contributed by atoms with Crippen molar-refractivity contribution in [3.8, 4) is 0 Å². The molecule has 162 valence electrons. The van der Waals surface area contributed by atoms with E-state index in [1.807, 2.05) is 56.0 Å². The van der Waals surface area contributed by atoms with Crippen LogP contribution in [0.25, 0.3) is 0 Å². The second kappa shape index (κ2) is 10.8. The molecule has 0 spiro atoms. The molecule has 1 aliphatic rings. The average Bonchev–Trinajstić information content (AvgIpc) is 3.10. The van der Waals surface area contributed by atoms with Gasteiger partial charge in [0.1, 0.15) is 12.3 Å². The molecule has 0 bridgehead atoms. The fourth-order valence-electron chi connectivity index (χ4n) is 3.33. The Kier molecular flexibility index (Phi) is 7.84. The summed E-state index contributed by atoms with van der Waals surface area (Å²) in [5, 5.41) is 6.55. The first-order chi connectivity index (χ1) is 14.6. The second-order valence-electron chi connectivity index (χ2n) is 7.23. The molecule has 1 saturated heterocycles. The van der Waals surface area contributed by atoms with Gasteiger partial charge in [-0.1, -0.05) is 30.3 Å². The molecule has 2 aromatic rings. The number of carbonyl (C=O) groups excluding carboxylic acids is 1. The third-order valence-corrected chi connectivity index (χ3v) is 5.09. The lowest BCUT2D eigenvalue weighted by Crippen LogP contribution is -2.47. The van der Waals surface area contributed by atoms with Gasteiger partial charge in [-0.15, -0.1) is 0 Å². The smallest absolute Gasteiger partial charge is 0.232 e. The zero-order valence-electron chi connectivity index (χ0n) is 18.0. The Bertz CT molecular complexity index is 824. The van der Waals surface area contributed by atoms with Gasteiger partial charge in [-0.3, -0.25) is 4.79 Å². The topological polar surface area (TPSA) is 92.0 Å². The molecule has 1 aromatic carbocycles. The van der Waals surface area contributed by atoms with E-state index in [1.165, 1.54) is 0 Å². The van der Waals surface area contributed by atoms with Crippen LogP contribution in [0.15, 0.2) is 39.7 Å². The molecule has 0 aliphatic carbocycles. The summed E-state index contributed by atoms with van der Waals surface area (Å²) in [7, 11) is 0. The summed E-state index contributed by atoms with van der Waals surface area (Å²) in [6.07, 6.45) is 0. The van der Waals surface area contributed by atoms with Crippen LogP contribution in [0.4, 0.5) is 0 Å². The highest BCUT2D eigenvalue weighted by Gasteiger charge is 2.27. The van der Waals surface area contributed by atoms with Gasteiger partial charge in [0, 0.05) is 26.2 Å². The standard InChI is InChI=1S/C22H31N5O3/c1-4-23-22(25-15-20-26-16(2)17(3)30-20)24-14-19(18-8-6-5-7-9-18)21(28)27-10-12-29-13-11-27/h5-9,19H,4,10-15H2,1-3H3,(H2,23,24,25). The zero-order valence-corrected chi connectivity index (χ0v) is 18.0. The van der Waals surface area contributed by atoms with E-state index < -0.39 is 0 Å². The molecular formula is C22H31N5O3. The number of ether oxygens (including phenoxy) is 1. The minimum atomic E-state index is -0.306. The molecule has 2 heterocycles. The van der Waals surface area contributed by atoms with Crippen molar-refractivity contribution in [3.63, 3.8) is 0 Å². The van der Waals surface area contributed by atoms with Gasteiger partial charge in [-0.2, -0.15) is 0 Å². The monoisotopic (exact) mass is 413 g/mol. The van der Waals surface area contributed by atoms with Crippen LogP contribution in [0.2, 0.25) is 0 Å². The van der Waals surface area contributed by atoms with Crippen molar-refractivity contribution in [2.45, 2.75) is 33.2 Å². The highest BCUT2D eigenvalue weighted by molar-refractivity contribution is 5.86. The number of carbonyl (C=O) groups is 1. The molecule has 2 N–H and O–H groups in total. The highest BCUT2D eigenvalue weighted by Crippen LogP contribution is 2.19. The van der Waals surface area contributed by atoms with Crippen LogP contribution in [0.1, 0.15) is 35.7 Å². The van der Waals surface area contributed by atoms with Crippen molar-refractivity contribution >= 4 is 11.9 Å². The molecular weight excluding hydrogens is 382 g/mol. The Morgan fingerprint density at radius 1 is 1.20 bits per heavy atom. The predicted octanol–water partition coefficient (Wildman–Crippen LogP) is 1.99. The number of morpholine rings is 1. The largest absolute Gasteiger partial charge is 0.444 e. The van der Waals surface area contributed by atoms with Gasteiger partial charge in [0.25, 0.3) is 0 Å².